The molecule has 0 aliphatic rings. The van der Waals surface area contributed by atoms with Gasteiger partial charge in [-0.05, 0) is 51.0 Å². The number of benzene rings is 1. The van der Waals surface area contributed by atoms with E-state index in [1.165, 1.54) is 0 Å². The van der Waals surface area contributed by atoms with Crippen molar-refractivity contribution in [2.24, 2.45) is 11.1 Å². The molecule has 0 saturated carbocycles. The van der Waals surface area contributed by atoms with Crippen molar-refractivity contribution in [1.82, 2.24) is 0 Å². The van der Waals surface area contributed by atoms with Crippen molar-refractivity contribution in [2.75, 3.05) is 6.61 Å². The van der Waals surface area contributed by atoms with E-state index in [1.54, 1.807) is 13.8 Å². The van der Waals surface area contributed by atoms with Gasteiger partial charge in [-0.3, -0.25) is 4.79 Å². The average Bonchev–Trinajstić information content (AvgIpc) is 2.26. The Labute approximate surface area is 122 Å². The van der Waals surface area contributed by atoms with Crippen molar-refractivity contribution in [3.63, 3.8) is 0 Å². The number of hydrogen-bond donors (Lipinski definition) is 2. The Hall–Kier alpha value is -1.07. The summed E-state index contributed by atoms with van der Waals surface area (Å²) < 4.78 is 6.61. The van der Waals surface area contributed by atoms with Crippen LogP contribution >= 0.6 is 15.9 Å². The number of aliphatic carboxylic acids is 1. The maximum atomic E-state index is 11.1. The predicted molar refractivity (Wildman–Crippen MR) is 78.4 cm³/mol. The lowest BCUT2D eigenvalue weighted by atomic mass is 9.95. The molecule has 0 aliphatic heterocycles. The van der Waals surface area contributed by atoms with E-state index in [4.69, 9.17) is 15.6 Å². The molecule has 0 radical (unpaired) electrons. The molecule has 1 rings (SSSR count). The molecule has 0 aromatic heterocycles. The monoisotopic (exact) mass is 329 g/mol. The fourth-order valence-electron chi connectivity index (χ4n) is 1.52. The largest absolute Gasteiger partial charge is 0.492 e. The summed E-state index contributed by atoms with van der Waals surface area (Å²) in [6.07, 6.45) is 0.683. The van der Waals surface area contributed by atoms with Gasteiger partial charge in [0.15, 0.2) is 0 Å². The van der Waals surface area contributed by atoms with Gasteiger partial charge in [-0.1, -0.05) is 15.9 Å². The van der Waals surface area contributed by atoms with Gasteiger partial charge in [-0.25, -0.2) is 0 Å². The third-order valence-corrected chi connectivity index (χ3v) is 3.23. The quantitative estimate of drug-likeness (QED) is 0.841. The summed E-state index contributed by atoms with van der Waals surface area (Å²) in [4.78, 5) is 11.1. The van der Waals surface area contributed by atoms with Crippen LogP contribution in [0.2, 0.25) is 0 Å². The molecule has 19 heavy (non-hydrogen) atoms. The van der Waals surface area contributed by atoms with Crippen molar-refractivity contribution in [1.29, 1.82) is 0 Å². The summed E-state index contributed by atoms with van der Waals surface area (Å²) in [5.41, 5.74) is 5.87. The summed E-state index contributed by atoms with van der Waals surface area (Å²) >= 11 is 3.41. The minimum atomic E-state index is -0.918. The molecule has 0 fully saturated rings. The SMILES string of the molecule is CC(N)Cc1cc(Br)ccc1OCC(C)(C)C(=O)O. The van der Waals surface area contributed by atoms with E-state index in [9.17, 15) is 4.79 Å². The summed E-state index contributed by atoms with van der Waals surface area (Å²) in [6.45, 7) is 5.32. The summed E-state index contributed by atoms with van der Waals surface area (Å²) in [5.74, 6) is -0.187. The molecular formula is C14H20BrNO3. The number of carboxylic acid groups (broad SMARTS) is 1. The van der Waals surface area contributed by atoms with Gasteiger partial charge in [0.05, 0.1) is 5.41 Å². The Kier molecular flexibility index (Phi) is 5.38. The van der Waals surface area contributed by atoms with E-state index in [2.05, 4.69) is 15.9 Å². The van der Waals surface area contributed by atoms with Crippen LogP contribution in [0.15, 0.2) is 22.7 Å². The Balaban J connectivity index is 2.86. The zero-order valence-corrected chi connectivity index (χ0v) is 13.0. The van der Waals surface area contributed by atoms with E-state index in [0.717, 1.165) is 10.0 Å². The summed E-state index contributed by atoms with van der Waals surface area (Å²) in [5, 5.41) is 9.07. The fourth-order valence-corrected chi connectivity index (χ4v) is 1.92. The van der Waals surface area contributed by atoms with Crippen molar-refractivity contribution < 1.29 is 14.6 Å². The maximum Gasteiger partial charge on any atom is 0.312 e. The molecule has 0 aliphatic carbocycles. The van der Waals surface area contributed by atoms with Crippen LogP contribution in [0.1, 0.15) is 26.3 Å². The van der Waals surface area contributed by atoms with Crippen LogP contribution in [-0.4, -0.2) is 23.7 Å². The average molecular weight is 330 g/mol. The van der Waals surface area contributed by atoms with Crippen LogP contribution in [0.25, 0.3) is 0 Å². The number of carboxylic acids is 1. The van der Waals surface area contributed by atoms with E-state index in [-0.39, 0.29) is 12.6 Å². The molecule has 0 amide bonds. The third-order valence-electron chi connectivity index (χ3n) is 2.73. The van der Waals surface area contributed by atoms with Gasteiger partial charge in [-0.2, -0.15) is 0 Å². The highest BCUT2D eigenvalue weighted by molar-refractivity contribution is 9.10. The second-order valence-electron chi connectivity index (χ2n) is 5.41. The molecule has 1 aromatic rings. The van der Waals surface area contributed by atoms with E-state index in [0.29, 0.717) is 12.2 Å². The highest BCUT2D eigenvalue weighted by Crippen LogP contribution is 2.26. The predicted octanol–water partition coefficient (Wildman–Crippen LogP) is 2.83. The van der Waals surface area contributed by atoms with Gasteiger partial charge in [0.25, 0.3) is 0 Å². The number of rotatable bonds is 6. The van der Waals surface area contributed by atoms with Crippen LogP contribution in [0.4, 0.5) is 0 Å². The Morgan fingerprint density at radius 2 is 2.16 bits per heavy atom. The smallest absolute Gasteiger partial charge is 0.312 e. The minimum Gasteiger partial charge on any atom is -0.492 e. The molecule has 1 unspecified atom stereocenters. The standard InChI is InChI=1S/C14H20BrNO3/c1-9(16)6-10-7-11(15)4-5-12(10)19-8-14(2,3)13(17)18/h4-5,7,9H,6,8,16H2,1-3H3,(H,17,18). The molecule has 4 nitrogen and oxygen atoms in total. The Morgan fingerprint density at radius 3 is 2.68 bits per heavy atom. The first-order valence-corrected chi connectivity index (χ1v) is 6.92. The maximum absolute atomic E-state index is 11.1. The van der Waals surface area contributed by atoms with Crippen molar-refractivity contribution in [3.05, 3.63) is 28.2 Å². The fraction of sp³-hybridized carbons (Fsp3) is 0.500. The van der Waals surface area contributed by atoms with Crippen molar-refractivity contribution in [2.45, 2.75) is 33.2 Å². The highest BCUT2D eigenvalue weighted by Gasteiger charge is 2.28. The second kappa shape index (κ2) is 6.39. The second-order valence-corrected chi connectivity index (χ2v) is 6.33. The van der Waals surface area contributed by atoms with Crippen LogP contribution in [0.5, 0.6) is 5.75 Å². The number of carbonyl (C=O) groups is 1. The van der Waals surface area contributed by atoms with Crippen molar-refractivity contribution in [3.8, 4) is 5.75 Å². The first-order valence-electron chi connectivity index (χ1n) is 6.12. The van der Waals surface area contributed by atoms with Gasteiger partial charge in [-0.15, -0.1) is 0 Å². The molecule has 106 valence electrons. The van der Waals surface area contributed by atoms with Gasteiger partial charge < -0.3 is 15.6 Å². The van der Waals surface area contributed by atoms with Crippen molar-refractivity contribution >= 4 is 21.9 Å². The van der Waals surface area contributed by atoms with E-state index >= 15 is 0 Å². The van der Waals surface area contributed by atoms with Crippen LogP contribution in [-0.2, 0) is 11.2 Å². The molecule has 3 N–H and O–H groups in total. The van der Waals surface area contributed by atoms with Crippen LogP contribution < -0.4 is 10.5 Å². The van der Waals surface area contributed by atoms with Gasteiger partial charge in [0.2, 0.25) is 0 Å². The molecule has 5 heteroatoms. The lowest BCUT2D eigenvalue weighted by Gasteiger charge is -2.21. The van der Waals surface area contributed by atoms with Crippen LogP contribution in [0.3, 0.4) is 0 Å². The molecule has 0 bridgehead atoms. The lowest BCUT2D eigenvalue weighted by Crippen LogP contribution is -2.31. The van der Waals surface area contributed by atoms with Gasteiger partial charge >= 0.3 is 5.97 Å². The number of nitrogens with two attached hydrogens (primary N) is 1. The van der Waals surface area contributed by atoms with Gasteiger partial charge in [0, 0.05) is 10.5 Å². The molecule has 0 spiro atoms. The van der Waals surface area contributed by atoms with E-state index in [1.807, 2.05) is 25.1 Å². The minimum absolute atomic E-state index is 0.0177. The first kappa shape index (κ1) is 16.0. The highest BCUT2D eigenvalue weighted by atomic mass is 79.9. The summed E-state index contributed by atoms with van der Waals surface area (Å²) in [7, 11) is 0. The van der Waals surface area contributed by atoms with E-state index < -0.39 is 11.4 Å². The first-order chi connectivity index (χ1) is 8.72. The Bertz CT molecular complexity index is 458. The zero-order chi connectivity index (χ0) is 14.6. The number of hydrogen-bond acceptors (Lipinski definition) is 3. The lowest BCUT2D eigenvalue weighted by molar-refractivity contribution is -0.148. The normalized spacial score (nSPS) is 13.1. The molecule has 1 atom stereocenters. The molecule has 0 heterocycles. The summed E-state index contributed by atoms with van der Waals surface area (Å²) in [6, 6.07) is 5.67. The Morgan fingerprint density at radius 1 is 1.53 bits per heavy atom. The number of ether oxygens (including phenoxy) is 1. The zero-order valence-electron chi connectivity index (χ0n) is 11.4. The third kappa shape index (κ3) is 4.84. The van der Waals surface area contributed by atoms with Crippen LogP contribution in [0, 0.1) is 5.41 Å². The topological polar surface area (TPSA) is 72.5 Å². The molecule has 0 saturated heterocycles. The van der Waals surface area contributed by atoms with Gasteiger partial charge in [0.1, 0.15) is 12.4 Å². The molecular weight excluding hydrogens is 310 g/mol. The number of halogens is 1. The molecule has 1 aromatic carbocycles.